The van der Waals surface area contributed by atoms with E-state index in [2.05, 4.69) is 29.3 Å². The van der Waals surface area contributed by atoms with Crippen LogP contribution < -0.4 is 0 Å². The van der Waals surface area contributed by atoms with Crippen LogP contribution in [0.15, 0.2) is 58.2 Å². The number of amides is 1. The summed E-state index contributed by atoms with van der Waals surface area (Å²) in [5.41, 5.74) is 2.13. The highest BCUT2D eigenvalue weighted by Gasteiger charge is 2.15. The molecule has 1 amide bonds. The Morgan fingerprint density at radius 3 is 2.62 bits per heavy atom. The van der Waals surface area contributed by atoms with Crippen molar-refractivity contribution in [3.63, 3.8) is 0 Å². The minimum atomic E-state index is -0.0431. The van der Waals surface area contributed by atoms with Gasteiger partial charge in [-0.15, -0.1) is 10.2 Å². The normalized spacial score (nSPS) is 12.0. The predicted molar refractivity (Wildman–Crippen MR) is 117 cm³/mol. The van der Waals surface area contributed by atoms with Crippen LogP contribution in [0, 0.1) is 0 Å². The summed E-state index contributed by atoms with van der Waals surface area (Å²) in [5.74, 6) is 1.01. The number of hydrogen-bond donors (Lipinski definition) is 0. The maximum Gasteiger partial charge on any atom is 0.277 e. The van der Waals surface area contributed by atoms with Crippen LogP contribution in [0.5, 0.6) is 0 Å². The van der Waals surface area contributed by atoms with Gasteiger partial charge in [0.15, 0.2) is 0 Å². The number of benzene rings is 2. The Labute approximate surface area is 184 Å². The van der Waals surface area contributed by atoms with Crippen molar-refractivity contribution in [3.8, 4) is 0 Å². The summed E-state index contributed by atoms with van der Waals surface area (Å²) in [5, 5.41) is 9.51. The molecule has 0 bridgehead atoms. The lowest BCUT2D eigenvalue weighted by Crippen LogP contribution is -2.27. The van der Waals surface area contributed by atoms with Crippen LogP contribution >= 0.6 is 35.0 Å². The van der Waals surface area contributed by atoms with E-state index in [1.165, 1.54) is 17.3 Å². The maximum atomic E-state index is 12.4. The van der Waals surface area contributed by atoms with E-state index >= 15 is 0 Å². The molecule has 3 aromatic rings. The van der Waals surface area contributed by atoms with Gasteiger partial charge in [-0.3, -0.25) is 4.79 Å². The second-order valence-corrected chi connectivity index (χ2v) is 8.51. The number of carbonyl (C=O) groups excluding carboxylic acids is 1. The molecule has 1 unspecified atom stereocenters. The average Bonchev–Trinajstić information content (AvgIpc) is 3.16. The first-order chi connectivity index (χ1) is 13.9. The minimum absolute atomic E-state index is 0.0431. The lowest BCUT2D eigenvalue weighted by molar-refractivity contribution is -0.127. The zero-order valence-corrected chi connectivity index (χ0v) is 18.5. The molecule has 0 saturated carbocycles. The predicted octanol–water partition coefficient (Wildman–Crippen LogP) is 5.47. The zero-order chi connectivity index (χ0) is 20.8. The Bertz CT molecular complexity index is 966. The molecule has 0 aliphatic rings. The van der Waals surface area contributed by atoms with Crippen LogP contribution in [0.25, 0.3) is 0 Å². The molecule has 2 aromatic carbocycles. The van der Waals surface area contributed by atoms with Gasteiger partial charge in [-0.25, -0.2) is 0 Å². The zero-order valence-electron chi connectivity index (χ0n) is 16.1. The summed E-state index contributed by atoms with van der Waals surface area (Å²) in [6.45, 7) is 2.56. The first-order valence-corrected chi connectivity index (χ1v) is 10.8. The SMILES string of the molecule is CC(Cc1nnc(SCC(=O)N(C)Cc2ccc(Cl)c(Cl)c2)o1)c1ccccc1. The molecule has 0 saturated heterocycles. The Morgan fingerprint density at radius 1 is 1.14 bits per heavy atom. The molecule has 8 heteroatoms. The first-order valence-electron chi connectivity index (χ1n) is 9.10. The number of thioether (sulfide) groups is 1. The second kappa shape index (κ2) is 10.1. The van der Waals surface area contributed by atoms with Crippen molar-refractivity contribution >= 4 is 40.9 Å². The summed E-state index contributed by atoms with van der Waals surface area (Å²) < 4.78 is 5.69. The second-order valence-electron chi connectivity index (χ2n) is 6.76. The van der Waals surface area contributed by atoms with Crippen LogP contribution in [0.4, 0.5) is 0 Å². The highest BCUT2D eigenvalue weighted by molar-refractivity contribution is 7.99. The molecule has 0 N–H and O–H groups in total. The van der Waals surface area contributed by atoms with Crippen molar-refractivity contribution in [1.29, 1.82) is 0 Å². The first kappa shape index (κ1) is 21.7. The Balaban J connectivity index is 1.49. The fourth-order valence-corrected chi connectivity index (χ4v) is 3.82. The molecule has 0 fully saturated rings. The highest BCUT2D eigenvalue weighted by atomic mass is 35.5. The lowest BCUT2D eigenvalue weighted by Gasteiger charge is -2.17. The standard InChI is InChI=1S/C21H21Cl2N3O2S/c1-14(16-6-4-3-5-7-16)10-19-24-25-21(28-19)29-13-20(27)26(2)12-15-8-9-17(22)18(23)11-15/h3-9,11,14H,10,12-13H2,1-2H3. The molecule has 152 valence electrons. The van der Waals surface area contributed by atoms with E-state index in [-0.39, 0.29) is 17.6 Å². The Kier molecular flexibility index (Phi) is 7.58. The van der Waals surface area contributed by atoms with Gasteiger partial charge in [0.2, 0.25) is 11.8 Å². The third-order valence-corrected chi connectivity index (χ3v) is 5.99. The molecular weight excluding hydrogens is 429 g/mol. The van der Waals surface area contributed by atoms with Gasteiger partial charge in [0, 0.05) is 20.0 Å². The van der Waals surface area contributed by atoms with Gasteiger partial charge >= 0.3 is 0 Å². The van der Waals surface area contributed by atoms with Gasteiger partial charge < -0.3 is 9.32 Å². The summed E-state index contributed by atoms with van der Waals surface area (Å²) in [7, 11) is 1.74. The number of carbonyl (C=O) groups is 1. The van der Waals surface area contributed by atoms with E-state index in [0.717, 1.165) is 5.56 Å². The van der Waals surface area contributed by atoms with Crippen molar-refractivity contribution in [2.24, 2.45) is 0 Å². The fraction of sp³-hybridized carbons (Fsp3) is 0.286. The molecule has 0 aliphatic heterocycles. The van der Waals surface area contributed by atoms with Crippen LogP contribution in [-0.2, 0) is 17.8 Å². The van der Waals surface area contributed by atoms with Gasteiger partial charge in [-0.05, 0) is 29.2 Å². The van der Waals surface area contributed by atoms with Crippen molar-refractivity contribution in [1.82, 2.24) is 15.1 Å². The van der Waals surface area contributed by atoms with Crippen LogP contribution in [0.1, 0.15) is 29.9 Å². The fourth-order valence-electron chi connectivity index (χ4n) is 2.77. The van der Waals surface area contributed by atoms with Gasteiger partial charge in [0.05, 0.1) is 15.8 Å². The molecule has 1 heterocycles. The van der Waals surface area contributed by atoms with Crippen molar-refractivity contribution in [3.05, 3.63) is 75.6 Å². The third-order valence-electron chi connectivity index (χ3n) is 4.45. The van der Waals surface area contributed by atoms with E-state index in [0.29, 0.717) is 34.1 Å². The van der Waals surface area contributed by atoms with E-state index in [4.69, 9.17) is 27.6 Å². The van der Waals surface area contributed by atoms with Crippen molar-refractivity contribution < 1.29 is 9.21 Å². The maximum absolute atomic E-state index is 12.4. The third kappa shape index (κ3) is 6.23. The Morgan fingerprint density at radius 2 is 1.90 bits per heavy atom. The van der Waals surface area contributed by atoms with Crippen LogP contribution in [0.2, 0.25) is 10.0 Å². The summed E-state index contributed by atoms with van der Waals surface area (Å²) in [6, 6.07) is 15.5. The average molecular weight is 450 g/mol. The number of rotatable bonds is 8. The summed E-state index contributed by atoms with van der Waals surface area (Å²) in [6.07, 6.45) is 0.656. The van der Waals surface area contributed by atoms with Gasteiger partial charge in [0.1, 0.15) is 0 Å². The topological polar surface area (TPSA) is 59.2 Å². The van der Waals surface area contributed by atoms with E-state index < -0.39 is 0 Å². The summed E-state index contributed by atoms with van der Waals surface area (Å²) in [4.78, 5) is 14.0. The van der Waals surface area contributed by atoms with Crippen LogP contribution in [0.3, 0.4) is 0 Å². The van der Waals surface area contributed by atoms with Crippen molar-refractivity contribution in [2.75, 3.05) is 12.8 Å². The molecule has 29 heavy (non-hydrogen) atoms. The number of hydrogen-bond acceptors (Lipinski definition) is 5. The number of halogens is 2. The molecule has 5 nitrogen and oxygen atoms in total. The molecule has 1 aromatic heterocycles. The molecule has 0 radical (unpaired) electrons. The molecular formula is C21H21Cl2N3O2S. The highest BCUT2D eigenvalue weighted by Crippen LogP contribution is 2.24. The lowest BCUT2D eigenvalue weighted by atomic mass is 9.98. The smallest absolute Gasteiger partial charge is 0.277 e. The monoisotopic (exact) mass is 449 g/mol. The summed E-state index contributed by atoms with van der Waals surface area (Å²) >= 11 is 13.2. The number of aromatic nitrogens is 2. The number of nitrogens with zero attached hydrogens (tertiary/aromatic N) is 3. The van der Waals surface area contributed by atoms with Gasteiger partial charge in [-0.2, -0.15) is 0 Å². The largest absolute Gasteiger partial charge is 0.416 e. The quantitative estimate of drug-likeness (QED) is 0.426. The molecule has 0 aliphatic carbocycles. The molecule has 0 spiro atoms. The van der Waals surface area contributed by atoms with Gasteiger partial charge in [-0.1, -0.05) is 78.3 Å². The van der Waals surface area contributed by atoms with Crippen LogP contribution in [-0.4, -0.2) is 33.8 Å². The van der Waals surface area contributed by atoms with E-state index in [9.17, 15) is 4.79 Å². The van der Waals surface area contributed by atoms with Gasteiger partial charge in [0.25, 0.3) is 5.22 Å². The molecule has 3 rings (SSSR count). The molecule has 1 atom stereocenters. The van der Waals surface area contributed by atoms with Crippen molar-refractivity contribution in [2.45, 2.75) is 31.0 Å². The van der Waals surface area contributed by atoms with E-state index in [1.807, 2.05) is 24.3 Å². The minimum Gasteiger partial charge on any atom is -0.416 e. The Hall–Kier alpha value is -2.02. The van der Waals surface area contributed by atoms with E-state index in [1.54, 1.807) is 24.1 Å².